The summed E-state index contributed by atoms with van der Waals surface area (Å²) in [6, 6.07) is 1.31. The average Bonchev–Trinajstić information content (AvgIpc) is 1.64. The summed E-state index contributed by atoms with van der Waals surface area (Å²) in [6.07, 6.45) is 1.65. The first-order valence-electron chi connectivity index (χ1n) is 47.1. The Kier molecular flexibility index (Phi) is 46.1. The van der Waals surface area contributed by atoms with Crippen molar-refractivity contribution in [3.05, 3.63) is 83.0 Å². The number of carbonyl (C=O) groups excluding carboxylic acids is 16. The van der Waals surface area contributed by atoms with E-state index in [4.69, 9.17) is 89.8 Å². The van der Waals surface area contributed by atoms with Gasteiger partial charge in [-0.15, -0.1) is 11.8 Å². The molecule has 50 nitrogen and oxygen atoms in total. The number of nitrogens with two attached hydrogens (primary N) is 8. The fourth-order valence-electron chi connectivity index (χ4n) is 16.6. The highest BCUT2D eigenvalue weighted by molar-refractivity contribution is 7.99. The van der Waals surface area contributed by atoms with Crippen molar-refractivity contribution in [1.29, 1.82) is 10.8 Å². The topological polar surface area (TPSA) is 811 Å². The Bertz CT molecular complexity index is 5330. The van der Waals surface area contributed by atoms with Crippen LogP contribution in [0.4, 0.5) is 0 Å². The number of methoxy groups -OCH3 is 3. The molecule has 1 aliphatic carbocycles. The number of cyclic esters (lactones) is 1. The number of hydrogen-bond acceptors (Lipinski definition) is 32. The van der Waals surface area contributed by atoms with Crippen LogP contribution in [0.15, 0.2) is 65.7 Å². The summed E-state index contributed by atoms with van der Waals surface area (Å²) in [5.74, 6) is -18.0. The van der Waals surface area contributed by atoms with Gasteiger partial charge >= 0.3 is 11.9 Å². The zero-order chi connectivity index (χ0) is 105. The molecule has 1 saturated heterocycles. The fourth-order valence-corrected chi connectivity index (χ4v) is 18.1. The van der Waals surface area contributed by atoms with Gasteiger partial charge in [-0.3, -0.25) is 92.1 Å². The van der Waals surface area contributed by atoms with Crippen molar-refractivity contribution in [3.63, 3.8) is 0 Å². The molecule has 3 aliphatic rings. The third kappa shape index (κ3) is 34.2. The first-order chi connectivity index (χ1) is 68.8. The predicted molar refractivity (Wildman–Crippen MR) is 526 cm³/mol. The number of guanidine groups is 2. The van der Waals surface area contributed by atoms with Gasteiger partial charge in [0.05, 0.1) is 64.7 Å². The van der Waals surface area contributed by atoms with Crippen molar-refractivity contribution in [3.8, 4) is 40.5 Å². The lowest BCUT2D eigenvalue weighted by Gasteiger charge is -2.38. The lowest BCUT2D eigenvalue weighted by molar-refractivity contribution is -0.155. The number of para-hydroxylation sites is 1. The van der Waals surface area contributed by atoms with E-state index < -0.39 is 234 Å². The number of unbranched alkanes of at least 4 members (excludes halogenated alkanes) is 3. The van der Waals surface area contributed by atoms with Crippen molar-refractivity contribution >= 4 is 141 Å². The third-order valence-electron chi connectivity index (χ3n) is 24.2. The number of aromatic amines is 1. The monoisotopic (exact) mass is 2050 g/mol. The van der Waals surface area contributed by atoms with Gasteiger partial charge in [0.25, 0.3) is 0 Å². The maximum absolute atomic E-state index is 15.3. The van der Waals surface area contributed by atoms with Crippen molar-refractivity contribution < 1.29 is 120 Å². The average molecular weight is 2060 g/mol. The van der Waals surface area contributed by atoms with E-state index in [1.807, 2.05) is 0 Å². The van der Waals surface area contributed by atoms with Crippen LogP contribution in [0, 0.1) is 28.6 Å². The summed E-state index contributed by atoms with van der Waals surface area (Å²) in [5, 5.41) is 72.8. The van der Waals surface area contributed by atoms with E-state index in [-0.39, 0.29) is 153 Å². The van der Waals surface area contributed by atoms with E-state index in [0.717, 1.165) is 22.4 Å². The van der Waals surface area contributed by atoms with Crippen LogP contribution in [-0.4, -0.2) is 279 Å². The molecule has 0 spiro atoms. The first-order valence-corrected chi connectivity index (χ1v) is 49.5. The van der Waals surface area contributed by atoms with Crippen LogP contribution < -0.4 is 139 Å². The van der Waals surface area contributed by atoms with Crippen molar-refractivity contribution in [2.24, 2.45) is 63.6 Å². The smallest absolute Gasteiger partial charge is 0.310 e. The van der Waals surface area contributed by atoms with Crippen LogP contribution in [0.25, 0.3) is 10.9 Å². The number of amides is 14. The lowest BCUT2D eigenvalue weighted by atomic mass is 9.66. The molecular weight excluding hydrogens is 1920 g/mol. The van der Waals surface area contributed by atoms with Crippen LogP contribution in [0.5, 0.6) is 40.5 Å². The normalized spacial score (nSPS) is 16.3. The molecule has 1 unspecified atom stereocenters. The Morgan fingerprint density at radius 3 is 1.52 bits per heavy atom. The minimum atomic E-state index is -1.65. The summed E-state index contributed by atoms with van der Waals surface area (Å²) < 4.78 is 41.4. The Balaban J connectivity index is 0.969. The van der Waals surface area contributed by atoms with Crippen LogP contribution in [0.2, 0.25) is 0 Å². The molecule has 34 N–H and O–H groups in total. The first kappa shape index (κ1) is 115. The van der Waals surface area contributed by atoms with Gasteiger partial charge in [0.1, 0.15) is 60.5 Å². The van der Waals surface area contributed by atoms with Crippen molar-refractivity contribution in [2.45, 2.75) is 207 Å². The van der Waals surface area contributed by atoms with Crippen molar-refractivity contribution in [2.75, 3.05) is 98.3 Å². The highest BCUT2D eigenvalue weighted by Crippen LogP contribution is 2.57. The molecule has 790 valence electrons. The zero-order valence-electron chi connectivity index (χ0n) is 80.9. The van der Waals surface area contributed by atoms with Gasteiger partial charge in [0.15, 0.2) is 40.8 Å². The molecular formula is C92H135N25O25S2. The Labute approximate surface area is 838 Å². The van der Waals surface area contributed by atoms with Crippen LogP contribution in [0.1, 0.15) is 157 Å². The number of carbonyl (C=O) groups is 16. The van der Waals surface area contributed by atoms with E-state index in [0.29, 0.717) is 81.2 Å². The van der Waals surface area contributed by atoms with E-state index in [1.54, 1.807) is 61.0 Å². The summed E-state index contributed by atoms with van der Waals surface area (Å²) in [4.78, 5) is 227. The summed E-state index contributed by atoms with van der Waals surface area (Å²) in [6.45, 7) is -0.260. The molecule has 8 rings (SSSR count). The summed E-state index contributed by atoms with van der Waals surface area (Å²) >= 11 is 2.04. The van der Waals surface area contributed by atoms with E-state index >= 15 is 9.59 Å². The van der Waals surface area contributed by atoms with E-state index in [2.05, 4.69) is 74.1 Å². The number of ether oxygens (including phenoxy) is 7. The molecule has 14 amide bonds. The highest BCUT2D eigenvalue weighted by Gasteiger charge is 2.55. The molecule has 14 atom stereocenters. The van der Waals surface area contributed by atoms with Gasteiger partial charge in [0.2, 0.25) is 101 Å². The molecule has 3 aromatic carbocycles. The van der Waals surface area contributed by atoms with Gasteiger partial charge in [-0.05, 0) is 175 Å². The summed E-state index contributed by atoms with van der Waals surface area (Å²) in [7, 11) is 4.35. The number of aromatic hydroxyl groups is 2. The number of benzene rings is 3. The number of H-pyrrole nitrogens is 1. The predicted octanol–water partition coefficient (Wildman–Crippen LogP) is -3.40. The van der Waals surface area contributed by atoms with Gasteiger partial charge in [-0.2, -0.15) is 11.8 Å². The molecule has 0 saturated carbocycles. The molecule has 144 heavy (non-hydrogen) atoms. The number of esters is 2. The number of nitrogens with one attached hydrogen (secondary N) is 16. The van der Waals surface area contributed by atoms with E-state index in [9.17, 15) is 77.3 Å². The van der Waals surface area contributed by atoms with Gasteiger partial charge in [0, 0.05) is 84.7 Å². The van der Waals surface area contributed by atoms with Crippen LogP contribution in [-0.2, 0) is 99.2 Å². The van der Waals surface area contributed by atoms with Crippen molar-refractivity contribution in [1.82, 2.24) is 78.7 Å². The SMILES string of the molecule is COc1cc([C@@H]2c3cc4c(cc3[C@H](OC(=O)CCn3c(O)cc(SCC(NC(=O)CNC(=O)[C@H](CCCCN)NC(=O)[C@H](CCCCN)NC(=O)[C@H](Cc5c[nH]c6ccccc56)NC(=O)[C@H](CCCCN)NC(=O)[C@H](CCSC)NC(=O)[C@H](CCCNC(=N)N)NC(=O)[C@H](CCCNC(=N)N)NC(=O)[C@H](CC(N)=O)NC(=O)[C@@H](C)CCC(N)=O)C(=O)NCC(N)=O)c3O)[C@H]3COC(=O)[C@H]23)OCO4)cc(OC)c1OC. The lowest BCUT2D eigenvalue weighted by Crippen LogP contribution is -2.60. The Morgan fingerprint density at radius 1 is 0.528 bits per heavy atom. The van der Waals surface area contributed by atoms with Gasteiger partial charge < -0.3 is 163 Å². The second-order valence-electron chi connectivity index (χ2n) is 34.7. The van der Waals surface area contributed by atoms with Crippen LogP contribution >= 0.6 is 23.5 Å². The molecule has 4 heterocycles. The number of aromatic nitrogens is 2. The molecule has 2 aromatic heterocycles. The third-order valence-corrected chi connectivity index (χ3v) is 25.9. The number of thioether (sulfide) groups is 2. The maximum atomic E-state index is 15.3. The minimum absolute atomic E-state index is 0.00165. The second-order valence-corrected chi connectivity index (χ2v) is 36.7. The maximum Gasteiger partial charge on any atom is 0.310 e. The fraction of sp³-hybridized carbons (Fsp3) is 0.543. The molecule has 5 aromatic rings. The van der Waals surface area contributed by atoms with Gasteiger partial charge in [-0.1, -0.05) is 25.1 Å². The number of fused-ring (bicyclic) bond motifs is 4. The molecule has 0 radical (unpaired) electrons. The standard InChI is InChI=1S/C92H135N25O25S2/c1-47(23-24-69(96)118)79(124)115-62(39-70(97)119)88(133)113-59(22-15-31-104-92(101)102)83(128)111-58(21-14-30-103-91(99)100)84(129)114-60(26-33-143-5)86(131)110-57(20-10-13-29-95)85(130)116-61(34-49-41-105-54-17-7-6-16-50(49)54)87(132)112-56(19-9-12-28-94)82(127)109-55(18-8-11-27-93)80(125)107-43-72(121)108-63(81(126)106-42-71(98)120)45-144-68-40-73(122)117(89(68)134)32-25-74(123)142-77-52-38-65-64(140-46-141-65)37-51(52)75(76-53(77)44-139-90(76)135)48-35-66(136-2)78(138-4)67(36-48)137-3/h6-7,16-17,35-38,40-41,47,53,55-63,75-77,105,122,134H,8-15,18-34,39,42-46,93-95H2,1-5H3,(H2,96,118)(H2,97,119)(H2,98,120)(H,106,126)(H,107,125)(H,108,121)(H,109,127)(H,110,131)(H,111,128)(H,112,132)(H,113,133)(H,114,129)(H,115,124)(H,116,130)(H4,99,100,103)(H4,101,102,104)/t47-,53-,55-,56-,57-,58-,59-,60-,61-,62-,63?,75+,76-,77-/m0/s1. The van der Waals surface area contributed by atoms with Gasteiger partial charge in [-0.25, -0.2) is 0 Å². The second kappa shape index (κ2) is 57.7. The quantitative estimate of drug-likeness (QED) is 0.00593. The minimum Gasteiger partial charge on any atom is -0.494 e. The Morgan fingerprint density at radius 2 is 1.01 bits per heavy atom. The number of primary amides is 3. The molecule has 1 fully saturated rings. The van der Waals surface area contributed by atoms with E-state index in [1.165, 1.54) is 40.0 Å². The number of nitrogens with zero attached hydrogens (tertiary/aromatic N) is 1. The highest BCUT2D eigenvalue weighted by atomic mass is 32.2. The molecule has 0 bridgehead atoms. The summed E-state index contributed by atoms with van der Waals surface area (Å²) in [5.41, 5.74) is 47.8. The molecule has 2 aliphatic heterocycles. The number of rotatable bonds is 64. The number of hydrogen-bond donors (Lipinski definition) is 26. The Hall–Kier alpha value is -14.3. The van der Waals surface area contributed by atoms with Crippen LogP contribution in [0.3, 0.4) is 0 Å². The molecule has 52 heteroatoms. The zero-order valence-corrected chi connectivity index (χ0v) is 82.6. The largest absolute Gasteiger partial charge is 0.494 e.